The van der Waals surface area contributed by atoms with E-state index in [9.17, 15) is 4.79 Å². The van der Waals surface area contributed by atoms with Crippen molar-refractivity contribution in [2.75, 3.05) is 13.1 Å². The number of rotatable bonds is 6. The minimum absolute atomic E-state index is 0.0451. The van der Waals surface area contributed by atoms with Gasteiger partial charge in [0.05, 0.1) is 19.3 Å². The van der Waals surface area contributed by atoms with Gasteiger partial charge in [-0.1, -0.05) is 17.7 Å². The summed E-state index contributed by atoms with van der Waals surface area (Å²) in [5, 5.41) is 9.27. The lowest BCUT2D eigenvalue weighted by atomic mass is 10.4. The lowest BCUT2D eigenvalue weighted by Crippen LogP contribution is -2.30. The van der Waals surface area contributed by atoms with Gasteiger partial charge in [-0.2, -0.15) is 0 Å². The van der Waals surface area contributed by atoms with Gasteiger partial charge in [-0.05, 0) is 0 Å². The van der Waals surface area contributed by atoms with E-state index in [1.54, 1.807) is 28.8 Å². The molecule has 0 aromatic carbocycles. The molecule has 0 fully saturated rings. The second-order valence-electron chi connectivity index (χ2n) is 3.41. The molecule has 1 aromatic rings. The van der Waals surface area contributed by atoms with Gasteiger partial charge in [0.25, 0.3) is 0 Å². The highest BCUT2D eigenvalue weighted by molar-refractivity contribution is 6.29. The fourth-order valence-electron chi connectivity index (χ4n) is 1.33. The molecule has 6 heteroatoms. The van der Waals surface area contributed by atoms with Gasteiger partial charge in [-0.3, -0.25) is 9.69 Å². The summed E-state index contributed by atoms with van der Waals surface area (Å²) >= 11 is 5.84. The van der Waals surface area contributed by atoms with Gasteiger partial charge >= 0.3 is 5.97 Å². The van der Waals surface area contributed by atoms with Crippen LogP contribution in [-0.2, 0) is 18.4 Å². The summed E-state index contributed by atoms with van der Waals surface area (Å²) < 4.78 is 1.72. The van der Waals surface area contributed by atoms with Crippen molar-refractivity contribution in [1.29, 1.82) is 0 Å². The minimum Gasteiger partial charge on any atom is -0.480 e. The van der Waals surface area contributed by atoms with Gasteiger partial charge in [0.1, 0.15) is 11.0 Å². The first-order valence-corrected chi connectivity index (χ1v) is 5.13. The first kappa shape index (κ1) is 12.7. The number of aliphatic carboxylic acids is 1. The highest BCUT2D eigenvalue weighted by Crippen LogP contribution is 2.10. The van der Waals surface area contributed by atoms with Crippen molar-refractivity contribution in [3.8, 4) is 0 Å². The molecule has 0 aliphatic heterocycles. The Morgan fingerprint density at radius 2 is 2.50 bits per heavy atom. The number of nitrogens with zero attached hydrogens (tertiary/aromatic N) is 3. The summed E-state index contributed by atoms with van der Waals surface area (Å²) in [4.78, 5) is 16.5. The molecule has 0 aliphatic carbocycles. The smallest absolute Gasteiger partial charge is 0.317 e. The predicted octanol–water partition coefficient (Wildman–Crippen LogP) is 1.15. The number of carboxylic acids is 1. The molecule has 1 N–H and O–H groups in total. The van der Waals surface area contributed by atoms with E-state index in [4.69, 9.17) is 16.7 Å². The standard InChI is InChI=1S/C10H14ClN3O2/c1-3-4-14(7-10(15)16)6-9-12-5-8(11)13(9)2/h3,5H,1,4,6-7H2,2H3,(H,15,16). The van der Waals surface area contributed by atoms with Crippen molar-refractivity contribution in [2.45, 2.75) is 6.54 Å². The molecule has 0 radical (unpaired) electrons. The van der Waals surface area contributed by atoms with E-state index in [1.807, 2.05) is 0 Å². The van der Waals surface area contributed by atoms with E-state index < -0.39 is 5.97 Å². The summed E-state index contributed by atoms with van der Waals surface area (Å²) in [6.07, 6.45) is 3.21. The van der Waals surface area contributed by atoms with Crippen LogP contribution in [0.25, 0.3) is 0 Å². The van der Waals surface area contributed by atoms with Gasteiger partial charge in [-0.15, -0.1) is 6.58 Å². The predicted molar refractivity (Wildman–Crippen MR) is 61.3 cm³/mol. The average Bonchev–Trinajstić information content (AvgIpc) is 2.49. The summed E-state index contributed by atoms with van der Waals surface area (Å²) in [6.45, 7) is 4.47. The highest BCUT2D eigenvalue weighted by atomic mass is 35.5. The molecule has 1 heterocycles. The third-order valence-corrected chi connectivity index (χ3v) is 2.49. The van der Waals surface area contributed by atoms with E-state index in [0.29, 0.717) is 18.2 Å². The molecule has 0 bridgehead atoms. The van der Waals surface area contributed by atoms with Crippen molar-refractivity contribution in [3.63, 3.8) is 0 Å². The molecule has 88 valence electrons. The molecule has 16 heavy (non-hydrogen) atoms. The van der Waals surface area contributed by atoms with Crippen LogP contribution in [0.1, 0.15) is 5.82 Å². The van der Waals surface area contributed by atoms with Crippen LogP contribution >= 0.6 is 11.6 Å². The summed E-state index contributed by atoms with van der Waals surface area (Å²) in [7, 11) is 1.79. The SMILES string of the molecule is C=CCN(CC(=O)O)Cc1ncc(Cl)n1C. The topological polar surface area (TPSA) is 58.4 Å². The van der Waals surface area contributed by atoms with Crippen molar-refractivity contribution in [2.24, 2.45) is 7.05 Å². The van der Waals surface area contributed by atoms with Crippen LogP contribution in [0.4, 0.5) is 0 Å². The number of aromatic nitrogens is 2. The van der Waals surface area contributed by atoms with Crippen LogP contribution in [0.2, 0.25) is 5.15 Å². The van der Waals surface area contributed by atoms with Crippen LogP contribution in [-0.4, -0.2) is 38.6 Å². The Morgan fingerprint density at radius 1 is 1.81 bits per heavy atom. The lowest BCUT2D eigenvalue weighted by Gasteiger charge is -2.17. The molecule has 0 aliphatic rings. The van der Waals surface area contributed by atoms with Gasteiger partial charge in [0, 0.05) is 13.6 Å². The zero-order valence-electron chi connectivity index (χ0n) is 9.06. The number of hydrogen-bond donors (Lipinski definition) is 1. The molecule has 0 atom stereocenters. The Labute approximate surface area is 99.0 Å². The van der Waals surface area contributed by atoms with E-state index in [-0.39, 0.29) is 6.54 Å². The summed E-state index contributed by atoms with van der Waals surface area (Å²) in [6, 6.07) is 0. The second kappa shape index (κ2) is 5.67. The number of carbonyl (C=O) groups is 1. The van der Waals surface area contributed by atoms with E-state index in [1.165, 1.54) is 0 Å². The first-order valence-electron chi connectivity index (χ1n) is 4.75. The van der Waals surface area contributed by atoms with Crippen molar-refractivity contribution < 1.29 is 9.90 Å². The van der Waals surface area contributed by atoms with Crippen LogP contribution in [0.5, 0.6) is 0 Å². The van der Waals surface area contributed by atoms with Crippen LogP contribution in [0.15, 0.2) is 18.9 Å². The number of imidazole rings is 1. The highest BCUT2D eigenvalue weighted by Gasteiger charge is 2.12. The molecule has 0 amide bonds. The third kappa shape index (κ3) is 3.36. The summed E-state index contributed by atoms with van der Waals surface area (Å²) in [5.74, 6) is -0.143. The lowest BCUT2D eigenvalue weighted by molar-refractivity contribution is -0.138. The molecule has 0 unspecified atom stereocenters. The minimum atomic E-state index is -0.873. The molecule has 5 nitrogen and oxygen atoms in total. The molecular formula is C10H14ClN3O2. The van der Waals surface area contributed by atoms with Crippen LogP contribution < -0.4 is 0 Å². The van der Waals surface area contributed by atoms with Gasteiger partial charge < -0.3 is 9.67 Å². The molecule has 0 saturated heterocycles. The third-order valence-electron chi connectivity index (χ3n) is 2.14. The first-order chi connectivity index (χ1) is 7.54. The van der Waals surface area contributed by atoms with E-state index >= 15 is 0 Å². The molecule has 0 spiro atoms. The van der Waals surface area contributed by atoms with Gasteiger partial charge in [0.2, 0.25) is 0 Å². The second-order valence-corrected chi connectivity index (χ2v) is 3.80. The Kier molecular flexibility index (Phi) is 4.52. The summed E-state index contributed by atoms with van der Waals surface area (Å²) in [5.41, 5.74) is 0. The zero-order valence-corrected chi connectivity index (χ0v) is 9.81. The van der Waals surface area contributed by atoms with Crippen molar-refractivity contribution in [3.05, 3.63) is 29.8 Å². The number of hydrogen-bond acceptors (Lipinski definition) is 3. The molecule has 0 saturated carbocycles. The maximum atomic E-state index is 10.6. The van der Waals surface area contributed by atoms with Gasteiger partial charge in [0.15, 0.2) is 0 Å². The van der Waals surface area contributed by atoms with Crippen molar-refractivity contribution in [1.82, 2.24) is 14.5 Å². The largest absolute Gasteiger partial charge is 0.480 e. The fraction of sp³-hybridized carbons (Fsp3) is 0.400. The molecular weight excluding hydrogens is 230 g/mol. The molecule has 1 rings (SSSR count). The van der Waals surface area contributed by atoms with Crippen LogP contribution in [0.3, 0.4) is 0 Å². The van der Waals surface area contributed by atoms with E-state index in [0.717, 1.165) is 5.82 Å². The van der Waals surface area contributed by atoms with Crippen LogP contribution in [0, 0.1) is 0 Å². The quantitative estimate of drug-likeness (QED) is 0.762. The normalized spacial score (nSPS) is 10.7. The zero-order chi connectivity index (χ0) is 12.1. The number of halogens is 1. The number of carboxylic acid groups (broad SMARTS) is 1. The maximum Gasteiger partial charge on any atom is 0.317 e. The monoisotopic (exact) mass is 243 g/mol. The fourth-order valence-corrected chi connectivity index (χ4v) is 1.48. The average molecular weight is 244 g/mol. The Morgan fingerprint density at radius 3 is 2.94 bits per heavy atom. The van der Waals surface area contributed by atoms with E-state index in [2.05, 4.69) is 11.6 Å². The Bertz CT molecular complexity index is 389. The van der Waals surface area contributed by atoms with Gasteiger partial charge in [-0.25, -0.2) is 4.98 Å². The van der Waals surface area contributed by atoms with Crippen molar-refractivity contribution >= 4 is 17.6 Å². The Hall–Kier alpha value is -1.33. The Balaban J connectivity index is 2.70. The maximum absolute atomic E-state index is 10.6. The molecule has 1 aromatic heterocycles.